The highest BCUT2D eigenvalue weighted by atomic mass is 16.5. The Kier molecular flexibility index (Phi) is 7.25. The number of anilines is 1. The van der Waals surface area contributed by atoms with Gasteiger partial charge in [0.2, 0.25) is 0 Å². The van der Waals surface area contributed by atoms with Crippen LogP contribution in [-0.4, -0.2) is 31.6 Å². The summed E-state index contributed by atoms with van der Waals surface area (Å²) in [4.78, 5) is 34.8. The molecule has 6 nitrogen and oxygen atoms in total. The fraction of sp³-hybridized carbons (Fsp3) is 0.471. The monoisotopic (exact) mass is 321 g/mol. The van der Waals surface area contributed by atoms with Gasteiger partial charge in [0.05, 0.1) is 12.7 Å². The molecular weight excluding hydrogens is 298 g/mol. The number of rotatable bonds is 7. The number of nitrogens with one attached hydrogen (secondary N) is 1. The van der Waals surface area contributed by atoms with Crippen LogP contribution in [0.1, 0.15) is 42.6 Å². The molecule has 0 aliphatic heterocycles. The normalized spacial score (nSPS) is 10.3. The van der Waals surface area contributed by atoms with E-state index in [0.717, 1.165) is 12.0 Å². The first kappa shape index (κ1) is 18.7. The van der Waals surface area contributed by atoms with E-state index in [9.17, 15) is 14.4 Å². The quantitative estimate of drug-likeness (QED) is 0.781. The topological polar surface area (TPSA) is 81.7 Å². The molecule has 126 valence electrons. The zero-order valence-electron chi connectivity index (χ0n) is 14.0. The minimum absolute atomic E-state index is 0.293. The van der Waals surface area contributed by atoms with Crippen molar-refractivity contribution >= 4 is 23.5 Å². The van der Waals surface area contributed by atoms with Gasteiger partial charge in [0.1, 0.15) is 0 Å². The second-order valence-corrected chi connectivity index (χ2v) is 5.66. The molecule has 1 N–H and O–H groups in total. The lowest BCUT2D eigenvalue weighted by molar-refractivity contribution is -0.147. The van der Waals surface area contributed by atoms with E-state index in [0.29, 0.717) is 23.6 Å². The van der Waals surface area contributed by atoms with Gasteiger partial charge in [0, 0.05) is 12.1 Å². The predicted octanol–water partition coefficient (Wildman–Crippen LogP) is 2.70. The Morgan fingerprint density at radius 3 is 2.52 bits per heavy atom. The summed E-state index contributed by atoms with van der Waals surface area (Å²) in [5, 5.41) is 2.63. The van der Waals surface area contributed by atoms with Crippen LogP contribution in [0, 0.1) is 12.8 Å². The number of esters is 2. The fourth-order valence-electron chi connectivity index (χ4n) is 1.81. The molecule has 0 spiro atoms. The Bertz CT molecular complexity index is 580. The lowest BCUT2D eigenvalue weighted by Crippen LogP contribution is -2.21. The molecule has 1 rings (SSSR count). The lowest BCUT2D eigenvalue weighted by atomic mass is 10.1. The molecule has 0 aliphatic rings. The van der Waals surface area contributed by atoms with Crippen LogP contribution in [0.5, 0.6) is 0 Å². The summed E-state index contributed by atoms with van der Waals surface area (Å²) in [6, 6.07) is 4.85. The van der Waals surface area contributed by atoms with Gasteiger partial charge in [0.15, 0.2) is 6.61 Å². The highest BCUT2D eigenvalue weighted by molar-refractivity contribution is 5.96. The SMILES string of the molecule is COC(=O)c1ccc(C)c(NC(=O)COC(=O)CCC(C)C)c1. The van der Waals surface area contributed by atoms with Crippen LogP contribution in [0.2, 0.25) is 0 Å². The van der Waals surface area contributed by atoms with E-state index in [2.05, 4.69) is 10.1 Å². The number of carbonyl (C=O) groups excluding carboxylic acids is 3. The number of methoxy groups -OCH3 is 1. The molecule has 0 unspecified atom stereocenters. The lowest BCUT2D eigenvalue weighted by Gasteiger charge is -2.10. The second kappa shape index (κ2) is 8.92. The fourth-order valence-corrected chi connectivity index (χ4v) is 1.81. The second-order valence-electron chi connectivity index (χ2n) is 5.66. The molecule has 0 saturated heterocycles. The van der Waals surface area contributed by atoms with Crippen molar-refractivity contribution in [3.8, 4) is 0 Å². The molecule has 0 radical (unpaired) electrons. The Morgan fingerprint density at radius 1 is 1.22 bits per heavy atom. The van der Waals surface area contributed by atoms with Crippen molar-refractivity contribution in [2.75, 3.05) is 19.0 Å². The van der Waals surface area contributed by atoms with E-state index in [1.165, 1.54) is 13.2 Å². The van der Waals surface area contributed by atoms with Crippen molar-refractivity contribution in [1.82, 2.24) is 0 Å². The predicted molar refractivity (Wildman–Crippen MR) is 86.2 cm³/mol. The van der Waals surface area contributed by atoms with Crippen LogP contribution in [0.4, 0.5) is 5.69 Å². The van der Waals surface area contributed by atoms with Crippen LogP contribution >= 0.6 is 0 Å². The summed E-state index contributed by atoms with van der Waals surface area (Å²) in [6.07, 6.45) is 1.02. The molecule has 1 amide bonds. The molecule has 0 heterocycles. The van der Waals surface area contributed by atoms with Crippen LogP contribution < -0.4 is 5.32 Å². The Hall–Kier alpha value is -2.37. The maximum Gasteiger partial charge on any atom is 0.337 e. The largest absolute Gasteiger partial charge is 0.465 e. The standard InChI is InChI=1S/C17H23NO5/c1-11(2)5-8-16(20)23-10-15(19)18-14-9-13(17(21)22-4)7-6-12(14)3/h6-7,9,11H,5,8,10H2,1-4H3,(H,18,19). The molecule has 0 aromatic heterocycles. The van der Waals surface area contributed by atoms with Gasteiger partial charge in [-0.1, -0.05) is 19.9 Å². The van der Waals surface area contributed by atoms with Crippen molar-refractivity contribution < 1.29 is 23.9 Å². The van der Waals surface area contributed by atoms with E-state index in [1.54, 1.807) is 19.1 Å². The van der Waals surface area contributed by atoms with Gasteiger partial charge >= 0.3 is 11.9 Å². The third-order valence-electron chi connectivity index (χ3n) is 3.22. The van der Waals surface area contributed by atoms with Gasteiger partial charge < -0.3 is 14.8 Å². The zero-order chi connectivity index (χ0) is 17.4. The molecule has 1 aromatic rings. The summed E-state index contributed by atoms with van der Waals surface area (Å²) in [7, 11) is 1.29. The number of hydrogen-bond donors (Lipinski definition) is 1. The Balaban J connectivity index is 2.57. The molecule has 0 aliphatic carbocycles. The number of hydrogen-bond acceptors (Lipinski definition) is 5. The van der Waals surface area contributed by atoms with E-state index in [4.69, 9.17) is 4.74 Å². The van der Waals surface area contributed by atoms with Crippen molar-refractivity contribution in [1.29, 1.82) is 0 Å². The van der Waals surface area contributed by atoms with E-state index in [1.807, 2.05) is 13.8 Å². The zero-order valence-corrected chi connectivity index (χ0v) is 14.0. The van der Waals surface area contributed by atoms with Crippen molar-refractivity contribution in [3.63, 3.8) is 0 Å². The third kappa shape index (κ3) is 6.50. The number of aryl methyl sites for hydroxylation is 1. The third-order valence-corrected chi connectivity index (χ3v) is 3.22. The Labute approximate surface area is 136 Å². The van der Waals surface area contributed by atoms with Gasteiger partial charge in [-0.2, -0.15) is 0 Å². The summed E-state index contributed by atoms with van der Waals surface area (Å²) >= 11 is 0. The van der Waals surface area contributed by atoms with Gasteiger partial charge in [-0.05, 0) is 37.0 Å². The first-order chi connectivity index (χ1) is 10.8. The van der Waals surface area contributed by atoms with E-state index < -0.39 is 17.8 Å². The van der Waals surface area contributed by atoms with Crippen molar-refractivity contribution in [2.45, 2.75) is 33.6 Å². The highest BCUT2D eigenvalue weighted by Gasteiger charge is 2.12. The molecule has 23 heavy (non-hydrogen) atoms. The first-order valence-electron chi connectivity index (χ1n) is 7.48. The molecule has 0 saturated carbocycles. The van der Waals surface area contributed by atoms with Gasteiger partial charge in [-0.25, -0.2) is 4.79 Å². The average Bonchev–Trinajstić information content (AvgIpc) is 2.52. The number of ether oxygens (including phenoxy) is 2. The molecule has 6 heteroatoms. The maximum absolute atomic E-state index is 11.9. The molecule has 0 atom stereocenters. The van der Waals surface area contributed by atoms with E-state index >= 15 is 0 Å². The minimum Gasteiger partial charge on any atom is -0.465 e. The maximum atomic E-state index is 11.9. The molecule has 0 bridgehead atoms. The smallest absolute Gasteiger partial charge is 0.337 e. The van der Waals surface area contributed by atoms with Crippen LogP contribution in [0.15, 0.2) is 18.2 Å². The van der Waals surface area contributed by atoms with E-state index in [-0.39, 0.29) is 6.61 Å². The highest BCUT2D eigenvalue weighted by Crippen LogP contribution is 2.17. The van der Waals surface area contributed by atoms with Crippen LogP contribution in [-0.2, 0) is 19.1 Å². The molecule has 0 fully saturated rings. The number of carbonyl (C=O) groups is 3. The number of benzene rings is 1. The first-order valence-corrected chi connectivity index (χ1v) is 7.48. The van der Waals surface area contributed by atoms with Gasteiger partial charge in [0.25, 0.3) is 5.91 Å². The van der Waals surface area contributed by atoms with Crippen LogP contribution in [0.25, 0.3) is 0 Å². The van der Waals surface area contributed by atoms with Crippen LogP contribution in [0.3, 0.4) is 0 Å². The summed E-state index contributed by atoms with van der Waals surface area (Å²) in [6.45, 7) is 5.47. The Morgan fingerprint density at radius 2 is 1.91 bits per heavy atom. The van der Waals surface area contributed by atoms with Crippen molar-refractivity contribution in [3.05, 3.63) is 29.3 Å². The molecular formula is C17H23NO5. The minimum atomic E-state index is -0.486. The number of amides is 1. The summed E-state index contributed by atoms with van der Waals surface area (Å²) in [5.74, 6) is -0.928. The average molecular weight is 321 g/mol. The van der Waals surface area contributed by atoms with Crippen molar-refractivity contribution in [2.24, 2.45) is 5.92 Å². The summed E-state index contributed by atoms with van der Waals surface area (Å²) < 4.78 is 9.56. The summed E-state index contributed by atoms with van der Waals surface area (Å²) in [5.41, 5.74) is 1.61. The molecule has 1 aromatic carbocycles. The van der Waals surface area contributed by atoms with Gasteiger partial charge in [-0.3, -0.25) is 9.59 Å². The van der Waals surface area contributed by atoms with Gasteiger partial charge in [-0.15, -0.1) is 0 Å².